The molecule has 0 radical (unpaired) electrons. The number of rotatable bonds is 4. The van der Waals surface area contributed by atoms with Gasteiger partial charge in [0.05, 0.1) is 5.41 Å². The molecular weight excluding hydrogens is 345 g/mol. The highest BCUT2D eigenvalue weighted by Crippen LogP contribution is 2.39. The van der Waals surface area contributed by atoms with E-state index in [1.807, 2.05) is 6.07 Å². The molecular formula is C18H29Cl2N3O. The van der Waals surface area contributed by atoms with E-state index in [9.17, 15) is 4.79 Å². The first-order valence-electron chi connectivity index (χ1n) is 8.49. The van der Waals surface area contributed by atoms with Gasteiger partial charge < -0.3 is 10.6 Å². The van der Waals surface area contributed by atoms with E-state index in [1.165, 1.54) is 5.56 Å². The first-order valence-corrected chi connectivity index (χ1v) is 8.49. The molecule has 0 atom stereocenters. The van der Waals surface area contributed by atoms with E-state index in [2.05, 4.69) is 34.1 Å². The van der Waals surface area contributed by atoms with Gasteiger partial charge in [0.25, 0.3) is 0 Å². The van der Waals surface area contributed by atoms with Gasteiger partial charge in [-0.05, 0) is 18.4 Å². The Balaban J connectivity index is 0.00000144. The predicted molar refractivity (Wildman–Crippen MR) is 103 cm³/mol. The van der Waals surface area contributed by atoms with E-state index >= 15 is 0 Å². The first kappa shape index (κ1) is 21.2. The monoisotopic (exact) mass is 373 g/mol. The van der Waals surface area contributed by atoms with Gasteiger partial charge >= 0.3 is 0 Å². The van der Waals surface area contributed by atoms with Crippen LogP contribution in [0.1, 0.15) is 31.2 Å². The lowest BCUT2D eigenvalue weighted by atomic mass is 9.84. The Morgan fingerprint density at radius 2 is 1.58 bits per heavy atom. The molecule has 0 unspecified atom stereocenters. The summed E-state index contributed by atoms with van der Waals surface area (Å²) in [7, 11) is 0. The van der Waals surface area contributed by atoms with Crippen molar-refractivity contribution in [1.29, 1.82) is 0 Å². The van der Waals surface area contributed by atoms with Crippen molar-refractivity contribution in [2.24, 2.45) is 11.1 Å². The van der Waals surface area contributed by atoms with E-state index in [4.69, 9.17) is 5.73 Å². The number of hydrogen-bond acceptors (Lipinski definition) is 3. The maximum Gasteiger partial charge on any atom is 0.230 e. The molecule has 6 heteroatoms. The third-order valence-corrected chi connectivity index (χ3v) is 5.31. The summed E-state index contributed by atoms with van der Waals surface area (Å²) in [6.45, 7) is 5.09. The molecule has 2 fully saturated rings. The molecule has 0 spiro atoms. The van der Waals surface area contributed by atoms with Crippen molar-refractivity contribution in [2.45, 2.75) is 32.2 Å². The Kier molecular flexibility index (Phi) is 8.51. The molecule has 1 saturated carbocycles. The van der Waals surface area contributed by atoms with Crippen LogP contribution in [0.5, 0.6) is 0 Å². The molecule has 136 valence electrons. The van der Waals surface area contributed by atoms with E-state index in [0.717, 1.165) is 58.4 Å². The van der Waals surface area contributed by atoms with Crippen LogP contribution >= 0.6 is 24.8 Å². The fourth-order valence-corrected chi connectivity index (χ4v) is 3.84. The zero-order valence-corrected chi connectivity index (χ0v) is 15.8. The summed E-state index contributed by atoms with van der Waals surface area (Å²) in [5, 5.41) is 0. The van der Waals surface area contributed by atoms with Gasteiger partial charge in [0.1, 0.15) is 0 Å². The van der Waals surface area contributed by atoms with Crippen LogP contribution in [-0.2, 0) is 11.3 Å². The standard InChI is InChI=1S/C18H27N3O.2ClH/c19-15-18(8-4-5-9-18)17(22)21-12-10-20(11-13-21)14-16-6-2-1-3-7-16;;/h1-3,6-7H,4-5,8-15,19H2;2*1H. The zero-order chi connectivity index (χ0) is 15.4. The topological polar surface area (TPSA) is 49.6 Å². The van der Waals surface area contributed by atoms with Gasteiger partial charge in [0, 0.05) is 39.3 Å². The molecule has 0 aromatic heterocycles. The molecule has 1 amide bonds. The van der Waals surface area contributed by atoms with Crippen LogP contribution in [0.15, 0.2) is 30.3 Å². The number of hydrogen-bond donors (Lipinski definition) is 1. The minimum Gasteiger partial charge on any atom is -0.340 e. The lowest BCUT2D eigenvalue weighted by Gasteiger charge is -2.39. The van der Waals surface area contributed by atoms with Crippen LogP contribution in [0, 0.1) is 5.41 Å². The highest BCUT2D eigenvalue weighted by atomic mass is 35.5. The van der Waals surface area contributed by atoms with Crippen molar-refractivity contribution in [1.82, 2.24) is 9.80 Å². The molecule has 1 aromatic rings. The molecule has 2 aliphatic rings. The van der Waals surface area contributed by atoms with E-state index in [0.29, 0.717) is 12.5 Å². The molecule has 1 aliphatic heterocycles. The summed E-state index contributed by atoms with van der Waals surface area (Å²) in [6.07, 6.45) is 4.26. The summed E-state index contributed by atoms with van der Waals surface area (Å²) in [4.78, 5) is 17.3. The fraction of sp³-hybridized carbons (Fsp3) is 0.611. The van der Waals surface area contributed by atoms with Gasteiger partial charge in [-0.15, -0.1) is 24.8 Å². The SMILES string of the molecule is Cl.Cl.NCC1(C(=O)N2CCN(Cc3ccccc3)CC2)CCCC1. The maximum absolute atomic E-state index is 12.8. The van der Waals surface area contributed by atoms with Crippen molar-refractivity contribution in [3.05, 3.63) is 35.9 Å². The Morgan fingerprint density at radius 3 is 2.12 bits per heavy atom. The number of piperazine rings is 1. The normalized spacial score (nSPS) is 20.1. The van der Waals surface area contributed by atoms with Gasteiger partial charge in [-0.3, -0.25) is 9.69 Å². The summed E-state index contributed by atoms with van der Waals surface area (Å²) in [5.74, 6) is 0.312. The smallest absolute Gasteiger partial charge is 0.230 e. The second-order valence-corrected chi connectivity index (χ2v) is 6.75. The van der Waals surface area contributed by atoms with Crippen LogP contribution in [0.2, 0.25) is 0 Å². The highest BCUT2D eigenvalue weighted by molar-refractivity contribution is 5.85. The van der Waals surface area contributed by atoms with E-state index in [1.54, 1.807) is 0 Å². The van der Waals surface area contributed by atoms with E-state index < -0.39 is 0 Å². The minimum absolute atomic E-state index is 0. The number of nitrogens with two attached hydrogens (primary N) is 1. The van der Waals surface area contributed by atoms with Gasteiger partial charge in [-0.1, -0.05) is 43.2 Å². The van der Waals surface area contributed by atoms with Crippen LogP contribution in [0.25, 0.3) is 0 Å². The number of carbonyl (C=O) groups excluding carboxylic acids is 1. The number of carbonyl (C=O) groups is 1. The predicted octanol–water partition coefficient (Wildman–Crippen LogP) is 2.69. The van der Waals surface area contributed by atoms with Gasteiger partial charge in [-0.25, -0.2) is 0 Å². The Bertz CT molecular complexity index is 498. The Labute approximate surface area is 157 Å². The molecule has 4 nitrogen and oxygen atoms in total. The van der Waals surface area contributed by atoms with E-state index in [-0.39, 0.29) is 30.2 Å². The van der Waals surface area contributed by atoms with Crippen molar-refractivity contribution in [3.8, 4) is 0 Å². The quantitative estimate of drug-likeness (QED) is 0.882. The fourth-order valence-electron chi connectivity index (χ4n) is 3.84. The molecule has 1 aliphatic carbocycles. The molecule has 3 rings (SSSR count). The zero-order valence-electron chi connectivity index (χ0n) is 14.2. The third-order valence-electron chi connectivity index (χ3n) is 5.31. The van der Waals surface area contributed by atoms with Crippen molar-refractivity contribution >= 4 is 30.7 Å². The number of halogens is 2. The first-order chi connectivity index (χ1) is 10.7. The molecule has 24 heavy (non-hydrogen) atoms. The van der Waals surface area contributed by atoms with Crippen LogP contribution in [0.3, 0.4) is 0 Å². The molecule has 2 N–H and O–H groups in total. The third kappa shape index (κ3) is 4.63. The lowest BCUT2D eigenvalue weighted by molar-refractivity contribution is -0.143. The van der Waals surface area contributed by atoms with Gasteiger partial charge in [0.15, 0.2) is 0 Å². The van der Waals surface area contributed by atoms with Crippen molar-refractivity contribution < 1.29 is 4.79 Å². The second-order valence-electron chi connectivity index (χ2n) is 6.75. The van der Waals surface area contributed by atoms with Gasteiger partial charge in [0.2, 0.25) is 5.91 Å². The van der Waals surface area contributed by atoms with Crippen LogP contribution in [-0.4, -0.2) is 48.4 Å². The molecule has 1 saturated heterocycles. The number of benzene rings is 1. The Hall–Kier alpha value is -0.810. The second kappa shape index (κ2) is 9.62. The summed E-state index contributed by atoms with van der Waals surface area (Å²) in [5.41, 5.74) is 7.04. The minimum atomic E-state index is -0.248. The lowest BCUT2D eigenvalue weighted by Crippen LogP contribution is -2.54. The highest BCUT2D eigenvalue weighted by Gasteiger charge is 2.42. The van der Waals surface area contributed by atoms with Crippen LogP contribution < -0.4 is 5.73 Å². The average Bonchev–Trinajstić information content (AvgIpc) is 3.06. The number of nitrogens with zero attached hydrogens (tertiary/aromatic N) is 2. The van der Waals surface area contributed by atoms with Crippen molar-refractivity contribution in [3.63, 3.8) is 0 Å². The molecule has 1 heterocycles. The molecule has 0 bridgehead atoms. The van der Waals surface area contributed by atoms with Crippen LogP contribution in [0.4, 0.5) is 0 Å². The van der Waals surface area contributed by atoms with Crippen molar-refractivity contribution in [2.75, 3.05) is 32.7 Å². The maximum atomic E-state index is 12.8. The summed E-state index contributed by atoms with van der Waals surface area (Å²) < 4.78 is 0. The van der Waals surface area contributed by atoms with Gasteiger partial charge in [-0.2, -0.15) is 0 Å². The average molecular weight is 374 g/mol. The molecule has 1 aromatic carbocycles. The summed E-state index contributed by atoms with van der Waals surface area (Å²) >= 11 is 0. The Morgan fingerprint density at radius 1 is 1.00 bits per heavy atom. The summed E-state index contributed by atoms with van der Waals surface area (Å²) in [6, 6.07) is 10.5. The largest absolute Gasteiger partial charge is 0.340 e. The number of amides is 1.